The van der Waals surface area contributed by atoms with Gasteiger partial charge in [-0.05, 0) is 0 Å². The number of nitrogens with zero attached hydrogens (tertiary/aromatic N) is 1. The number of aromatic amines is 1. The van der Waals surface area contributed by atoms with E-state index in [-0.39, 0.29) is 0 Å². The molecule has 1 saturated heterocycles. The Hall–Kier alpha value is -1.13. The molecule has 6 N–H and O–H groups in total. The summed E-state index contributed by atoms with van der Waals surface area (Å²) in [7, 11) is -17.3. The van der Waals surface area contributed by atoms with Crippen molar-refractivity contribution in [1.82, 2.24) is 9.55 Å². The molecular formula is C10H15F2N2O14P3. The van der Waals surface area contributed by atoms with E-state index in [1.807, 2.05) is 0 Å². The molecule has 16 nitrogen and oxygen atoms in total. The van der Waals surface area contributed by atoms with Crippen LogP contribution in [-0.2, 0) is 31.6 Å². The summed E-state index contributed by atoms with van der Waals surface area (Å²) in [4.78, 5) is 60.0. The van der Waals surface area contributed by atoms with E-state index in [1.54, 1.807) is 4.98 Å². The normalized spacial score (nSPS) is 28.4. The number of phosphoric acid groups is 3. The number of rotatable bonds is 9. The first-order chi connectivity index (χ1) is 14.0. The Morgan fingerprint density at radius 3 is 2.32 bits per heavy atom. The number of halogens is 2. The van der Waals surface area contributed by atoms with E-state index < -0.39 is 72.1 Å². The van der Waals surface area contributed by atoms with Crippen LogP contribution in [0.15, 0.2) is 21.9 Å². The van der Waals surface area contributed by atoms with Gasteiger partial charge in [0.2, 0.25) is 0 Å². The average Bonchev–Trinajstić information content (AvgIpc) is 2.88. The smallest absolute Gasteiger partial charge is 0.388 e. The van der Waals surface area contributed by atoms with Crippen molar-refractivity contribution < 1.29 is 65.0 Å². The Labute approximate surface area is 169 Å². The summed E-state index contributed by atoms with van der Waals surface area (Å²) in [6.45, 7) is -1.56. The second-order valence-corrected chi connectivity index (χ2v) is 10.4. The van der Waals surface area contributed by atoms with Crippen molar-refractivity contribution in [1.29, 1.82) is 0 Å². The number of phosphoric ester groups is 1. The molecule has 31 heavy (non-hydrogen) atoms. The predicted octanol–water partition coefficient (Wildman–Crippen LogP) is -0.836. The first-order valence-electron chi connectivity index (χ1n) is 7.69. The molecule has 2 unspecified atom stereocenters. The fourth-order valence-corrected chi connectivity index (χ4v) is 5.56. The van der Waals surface area contributed by atoms with Crippen LogP contribution in [0.2, 0.25) is 0 Å². The van der Waals surface area contributed by atoms with Gasteiger partial charge in [-0.1, -0.05) is 0 Å². The van der Waals surface area contributed by atoms with Crippen molar-refractivity contribution in [2.45, 2.75) is 30.8 Å². The maximum Gasteiger partial charge on any atom is 0.490 e. The van der Waals surface area contributed by atoms with Gasteiger partial charge in [-0.15, -0.1) is 0 Å². The minimum Gasteiger partial charge on any atom is -0.388 e. The van der Waals surface area contributed by atoms with Crippen LogP contribution in [0.4, 0.5) is 8.78 Å². The number of alkyl halides is 2. The molecule has 0 saturated carbocycles. The molecule has 21 heteroatoms. The highest BCUT2D eigenvalue weighted by Gasteiger charge is 2.55. The maximum atomic E-state index is 13.7. The maximum absolute atomic E-state index is 13.7. The second kappa shape index (κ2) is 9.02. The molecule has 1 aliphatic heterocycles. The van der Waals surface area contributed by atoms with E-state index in [0.717, 1.165) is 12.3 Å². The Balaban J connectivity index is 2.20. The van der Waals surface area contributed by atoms with E-state index in [2.05, 4.69) is 13.1 Å². The Morgan fingerprint density at radius 1 is 1.19 bits per heavy atom. The van der Waals surface area contributed by atoms with E-state index in [1.165, 1.54) is 0 Å². The van der Waals surface area contributed by atoms with Crippen LogP contribution in [0.3, 0.4) is 0 Å². The fourth-order valence-electron chi connectivity index (χ4n) is 2.48. The van der Waals surface area contributed by atoms with Gasteiger partial charge in [0.05, 0.1) is 6.61 Å². The van der Waals surface area contributed by atoms with Crippen LogP contribution in [0.5, 0.6) is 0 Å². The number of hydrogen-bond acceptors (Lipinski definition) is 10. The van der Waals surface area contributed by atoms with Crippen LogP contribution in [-0.4, -0.2) is 59.0 Å². The SMILES string of the molecule is O=c1ccn([C@@H]2O[C@@](COP(=O)(O)OP(=O)(O)OP(=O)(O)O)(C(F)F)C[C@H]2O)c(=O)[nH]1. The lowest BCUT2D eigenvalue weighted by atomic mass is 10.0. The van der Waals surface area contributed by atoms with E-state index >= 15 is 0 Å². The van der Waals surface area contributed by atoms with Gasteiger partial charge in [0.1, 0.15) is 6.10 Å². The second-order valence-electron chi connectivity index (χ2n) is 6.03. The molecule has 1 aromatic rings. The lowest BCUT2D eigenvalue weighted by molar-refractivity contribution is -0.171. The zero-order chi connectivity index (χ0) is 23.8. The molecule has 0 aliphatic carbocycles. The minimum atomic E-state index is -5.88. The monoisotopic (exact) mass is 518 g/mol. The largest absolute Gasteiger partial charge is 0.490 e. The first-order valence-corrected chi connectivity index (χ1v) is 12.2. The van der Waals surface area contributed by atoms with E-state index in [9.17, 15) is 42.1 Å². The van der Waals surface area contributed by atoms with Gasteiger partial charge in [-0.25, -0.2) is 27.3 Å². The summed E-state index contributed by atoms with van der Waals surface area (Å²) >= 11 is 0. The van der Waals surface area contributed by atoms with E-state index in [4.69, 9.17) is 19.4 Å². The lowest BCUT2D eigenvalue weighted by Gasteiger charge is -2.28. The summed E-state index contributed by atoms with van der Waals surface area (Å²) in [6, 6.07) is 0.825. The molecule has 178 valence electrons. The predicted molar refractivity (Wildman–Crippen MR) is 90.6 cm³/mol. The van der Waals surface area contributed by atoms with Gasteiger partial charge in [0.25, 0.3) is 12.0 Å². The number of aliphatic hydroxyl groups is 1. The number of nitrogens with one attached hydrogen (secondary N) is 1. The third kappa shape index (κ3) is 6.92. The van der Waals surface area contributed by atoms with Crippen LogP contribution >= 0.6 is 23.5 Å². The van der Waals surface area contributed by atoms with Crippen LogP contribution < -0.4 is 11.2 Å². The Morgan fingerprint density at radius 2 is 1.81 bits per heavy atom. The van der Waals surface area contributed by atoms with Crippen molar-refractivity contribution in [3.63, 3.8) is 0 Å². The molecule has 0 aromatic carbocycles. The number of hydrogen-bond donors (Lipinski definition) is 6. The van der Waals surface area contributed by atoms with Crippen molar-refractivity contribution in [2.75, 3.05) is 6.61 Å². The minimum absolute atomic E-state index is 0.557. The topological polar surface area (TPSA) is 244 Å². The highest BCUT2D eigenvalue weighted by Crippen LogP contribution is 2.66. The molecular weight excluding hydrogens is 503 g/mol. The summed E-state index contributed by atoms with van der Waals surface area (Å²) in [5, 5.41) is 10.0. The van der Waals surface area contributed by atoms with Crippen molar-refractivity contribution >= 4 is 23.5 Å². The molecule has 0 amide bonds. The Kier molecular flexibility index (Phi) is 7.60. The van der Waals surface area contributed by atoms with Gasteiger partial charge in [0.15, 0.2) is 11.8 Å². The fraction of sp³-hybridized carbons (Fsp3) is 0.600. The van der Waals surface area contributed by atoms with Gasteiger partial charge < -0.3 is 29.4 Å². The summed E-state index contributed by atoms with van der Waals surface area (Å²) in [5.41, 5.74) is -4.80. The summed E-state index contributed by atoms with van der Waals surface area (Å²) in [5.74, 6) is 0. The van der Waals surface area contributed by atoms with E-state index in [0.29, 0.717) is 4.57 Å². The molecule has 1 aromatic heterocycles. The standard InChI is InChI=1S/C10H15F2N2O14P3/c11-8(12)10(4-25-30(21,22)28-31(23,24)27-29(18,19)20)3-5(15)7(26-10)14-2-1-6(16)13-9(14)17/h1-2,5,7-8,15H,3-4H2,(H,21,22)(H,23,24)(H,13,16,17)(H2,18,19,20)/t5-,7-,10+/m1/s1. The molecule has 0 spiro atoms. The highest BCUT2D eigenvalue weighted by molar-refractivity contribution is 7.66. The molecule has 2 rings (SSSR count). The molecule has 5 atom stereocenters. The third-order valence-electron chi connectivity index (χ3n) is 3.65. The average molecular weight is 518 g/mol. The van der Waals surface area contributed by atoms with Gasteiger partial charge in [0, 0.05) is 18.7 Å². The summed E-state index contributed by atoms with van der Waals surface area (Å²) < 4.78 is 77.5. The van der Waals surface area contributed by atoms with Gasteiger partial charge in [-0.2, -0.15) is 8.62 Å². The van der Waals surface area contributed by atoms with Gasteiger partial charge in [-0.3, -0.25) is 18.9 Å². The molecule has 1 fully saturated rings. The number of ether oxygens (including phenoxy) is 1. The van der Waals surface area contributed by atoms with Crippen LogP contribution in [0, 0.1) is 0 Å². The number of H-pyrrole nitrogens is 1. The first kappa shape index (κ1) is 26.1. The number of aliphatic hydroxyl groups excluding tert-OH is 1. The quantitative estimate of drug-likeness (QED) is 0.219. The zero-order valence-corrected chi connectivity index (χ0v) is 17.4. The lowest BCUT2D eigenvalue weighted by Crippen LogP contribution is -2.42. The Bertz CT molecular complexity index is 1070. The van der Waals surface area contributed by atoms with Crippen molar-refractivity contribution in [3.05, 3.63) is 33.1 Å². The van der Waals surface area contributed by atoms with Crippen LogP contribution in [0.1, 0.15) is 12.6 Å². The molecule has 0 bridgehead atoms. The summed E-state index contributed by atoms with van der Waals surface area (Å²) in [6.07, 6.45) is -7.25. The van der Waals surface area contributed by atoms with Crippen molar-refractivity contribution in [3.8, 4) is 0 Å². The molecule has 1 aliphatic rings. The molecule has 2 heterocycles. The molecule has 0 radical (unpaired) electrons. The number of aromatic nitrogens is 2. The van der Waals surface area contributed by atoms with Crippen molar-refractivity contribution in [2.24, 2.45) is 0 Å². The third-order valence-corrected chi connectivity index (χ3v) is 7.43. The zero-order valence-electron chi connectivity index (χ0n) is 14.8. The van der Waals surface area contributed by atoms with Gasteiger partial charge >= 0.3 is 29.2 Å². The van der Waals surface area contributed by atoms with Crippen LogP contribution in [0.25, 0.3) is 0 Å². The highest BCUT2D eigenvalue weighted by atomic mass is 31.3.